The van der Waals surface area contributed by atoms with Gasteiger partial charge in [0.2, 0.25) is 0 Å². The maximum Gasteiger partial charge on any atom is 0.261 e. The topological polar surface area (TPSA) is 87.4 Å². The molecule has 2 aromatic carbocycles. The van der Waals surface area contributed by atoms with Gasteiger partial charge in [0.25, 0.3) is 10.1 Å². The molecule has 39 heavy (non-hydrogen) atoms. The zero-order valence-corrected chi connectivity index (χ0v) is 24.4. The van der Waals surface area contributed by atoms with Crippen molar-refractivity contribution in [1.29, 1.82) is 0 Å². The monoisotopic (exact) mass is 610 g/mol. The third-order valence-electron chi connectivity index (χ3n) is 6.11. The van der Waals surface area contributed by atoms with E-state index in [0.717, 1.165) is 61.0 Å². The van der Waals surface area contributed by atoms with Gasteiger partial charge in [0, 0.05) is 43.9 Å². The molecule has 1 fully saturated rings. The van der Waals surface area contributed by atoms with Crippen molar-refractivity contribution >= 4 is 56.3 Å². The van der Waals surface area contributed by atoms with E-state index >= 15 is 0 Å². The van der Waals surface area contributed by atoms with Crippen molar-refractivity contribution in [3.8, 4) is 0 Å². The van der Waals surface area contributed by atoms with Crippen LogP contribution in [0.1, 0.15) is 17.0 Å². The number of aromatic nitrogens is 2. The van der Waals surface area contributed by atoms with Gasteiger partial charge in [-0.2, -0.15) is 8.42 Å². The molecule has 0 amide bonds. The van der Waals surface area contributed by atoms with E-state index in [-0.39, 0.29) is 0 Å². The van der Waals surface area contributed by atoms with Crippen molar-refractivity contribution in [1.82, 2.24) is 14.3 Å². The Kier molecular flexibility index (Phi) is 10.1. The standard InChI is InChI=1S/C26H25Cl3N4O.CH4O3S/c27-20-6-8-24(22(29)14-20)32-12-10-31(11-13-32)16-23-25(18-34-17-19-4-2-1-3-5-19)33-15-21(28)7-9-26(33)30-23;1-5(2,3)4/h1-9,14-15H,10-13,16-18H2;1H3,(H,2,3,4). The number of hydrogen-bond acceptors (Lipinski definition) is 6. The first-order valence-corrected chi connectivity index (χ1v) is 15.2. The molecule has 0 aliphatic carbocycles. The zero-order chi connectivity index (χ0) is 28.0. The molecule has 5 rings (SSSR count). The largest absolute Gasteiger partial charge is 0.370 e. The lowest BCUT2D eigenvalue weighted by molar-refractivity contribution is 0.102. The van der Waals surface area contributed by atoms with Crippen molar-refractivity contribution in [2.75, 3.05) is 37.3 Å². The summed E-state index contributed by atoms with van der Waals surface area (Å²) < 4.78 is 34.0. The lowest BCUT2D eigenvalue weighted by Crippen LogP contribution is -2.46. The van der Waals surface area contributed by atoms with Crippen molar-refractivity contribution in [2.24, 2.45) is 0 Å². The Labute approximate surface area is 243 Å². The third-order valence-corrected chi connectivity index (χ3v) is 6.87. The fourth-order valence-electron chi connectivity index (χ4n) is 4.33. The van der Waals surface area contributed by atoms with Crippen molar-refractivity contribution in [2.45, 2.75) is 19.8 Å². The average Bonchev–Trinajstić information content (AvgIpc) is 3.20. The predicted octanol–water partition coefficient (Wildman–Crippen LogP) is 5.84. The molecule has 4 aromatic rings. The Balaban J connectivity index is 0.000000648. The number of rotatable bonds is 7. The number of anilines is 1. The number of piperazine rings is 1. The first kappa shape index (κ1) is 29.6. The number of imidazole rings is 1. The van der Waals surface area contributed by atoms with Gasteiger partial charge in [-0.15, -0.1) is 0 Å². The molecule has 0 saturated carbocycles. The van der Waals surface area contributed by atoms with Crippen LogP contribution in [-0.4, -0.2) is 59.7 Å². The minimum absolute atomic E-state index is 0.464. The van der Waals surface area contributed by atoms with Crippen molar-refractivity contribution in [3.63, 3.8) is 0 Å². The molecule has 208 valence electrons. The Bertz CT molecular complexity index is 1500. The van der Waals surface area contributed by atoms with Gasteiger partial charge in [-0.1, -0.05) is 65.1 Å². The molecule has 3 heterocycles. The molecule has 8 nitrogen and oxygen atoms in total. The molecule has 2 aromatic heterocycles. The minimum atomic E-state index is -3.67. The van der Waals surface area contributed by atoms with Gasteiger partial charge in [-0.3, -0.25) is 13.9 Å². The highest BCUT2D eigenvalue weighted by Gasteiger charge is 2.22. The molecular weight excluding hydrogens is 583 g/mol. The first-order valence-electron chi connectivity index (χ1n) is 12.2. The summed E-state index contributed by atoms with van der Waals surface area (Å²) in [5, 5.41) is 2.02. The number of fused-ring (bicyclic) bond motifs is 1. The van der Waals surface area contributed by atoms with Crippen LogP contribution in [-0.2, 0) is 34.6 Å². The summed E-state index contributed by atoms with van der Waals surface area (Å²) >= 11 is 18.8. The number of benzene rings is 2. The van der Waals surface area contributed by atoms with Gasteiger partial charge in [0.1, 0.15) is 5.65 Å². The van der Waals surface area contributed by atoms with E-state index in [9.17, 15) is 8.42 Å². The quantitative estimate of drug-likeness (QED) is 0.263. The van der Waals surface area contributed by atoms with Crippen LogP contribution in [0.2, 0.25) is 15.1 Å². The summed E-state index contributed by atoms with van der Waals surface area (Å²) in [6.45, 7) is 5.38. The smallest absolute Gasteiger partial charge is 0.261 e. The minimum Gasteiger partial charge on any atom is -0.370 e. The summed E-state index contributed by atoms with van der Waals surface area (Å²) in [5.41, 5.74) is 5.12. The molecule has 0 spiro atoms. The highest BCUT2D eigenvalue weighted by molar-refractivity contribution is 7.85. The van der Waals surface area contributed by atoms with Gasteiger partial charge >= 0.3 is 0 Å². The van der Waals surface area contributed by atoms with E-state index in [1.165, 1.54) is 0 Å². The lowest BCUT2D eigenvalue weighted by atomic mass is 10.2. The number of pyridine rings is 1. The molecule has 0 atom stereocenters. The summed E-state index contributed by atoms with van der Waals surface area (Å²) in [6.07, 6.45) is 2.63. The summed E-state index contributed by atoms with van der Waals surface area (Å²) in [4.78, 5) is 9.64. The number of ether oxygens (including phenoxy) is 1. The first-order chi connectivity index (χ1) is 18.6. The third kappa shape index (κ3) is 8.81. The van der Waals surface area contributed by atoms with E-state index in [0.29, 0.717) is 34.5 Å². The van der Waals surface area contributed by atoms with E-state index in [2.05, 4.69) is 21.9 Å². The van der Waals surface area contributed by atoms with Crippen LogP contribution in [0.4, 0.5) is 5.69 Å². The second-order valence-corrected chi connectivity index (χ2v) is 11.9. The number of nitrogens with zero attached hydrogens (tertiary/aromatic N) is 4. The van der Waals surface area contributed by atoms with Gasteiger partial charge in [0.15, 0.2) is 0 Å². The van der Waals surface area contributed by atoms with E-state index in [1.807, 2.05) is 53.1 Å². The number of hydrogen-bond donors (Lipinski definition) is 1. The Hall–Kier alpha value is -2.37. The molecule has 1 N–H and O–H groups in total. The lowest BCUT2D eigenvalue weighted by Gasteiger charge is -2.36. The average molecular weight is 612 g/mol. The van der Waals surface area contributed by atoms with E-state index in [1.54, 1.807) is 6.07 Å². The normalized spacial score (nSPS) is 14.3. The van der Waals surface area contributed by atoms with Gasteiger partial charge in [0.05, 0.1) is 46.6 Å². The van der Waals surface area contributed by atoms with Crippen LogP contribution in [0.5, 0.6) is 0 Å². The van der Waals surface area contributed by atoms with E-state index < -0.39 is 10.1 Å². The SMILES string of the molecule is CS(=O)(=O)O.Clc1ccc(N2CCN(Cc3nc4ccc(Cl)cn4c3COCc3ccccc3)CC2)c(Cl)c1. The fourth-order valence-corrected chi connectivity index (χ4v) is 5.02. The second kappa shape index (κ2) is 13.3. The highest BCUT2D eigenvalue weighted by atomic mass is 35.5. The molecule has 12 heteroatoms. The molecular formula is C27H29Cl3N4O4S. The molecule has 1 aliphatic heterocycles. The highest BCUT2D eigenvalue weighted by Crippen LogP contribution is 2.30. The molecule has 0 radical (unpaired) electrons. The van der Waals surface area contributed by atoms with Gasteiger partial charge < -0.3 is 9.64 Å². The molecule has 0 unspecified atom stereocenters. The van der Waals surface area contributed by atoms with Crippen LogP contribution < -0.4 is 4.90 Å². The zero-order valence-electron chi connectivity index (χ0n) is 21.3. The predicted molar refractivity (Wildman–Crippen MR) is 157 cm³/mol. The van der Waals surface area contributed by atoms with Crippen LogP contribution in [0.15, 0.2) is 66.9 Å². The van der Waals surface area contributed by atoms with E-state index in [4.69, 9.17) is 49.1 Å². The van der Waals surface area contributed by atoms with Crippen molar-refractivity contribution in [3.05, 3.63) is 98.9 Å². The Morgan fingerprint density at radius 1 is 0.923 bits per heavy atom. The summed E-state index contributed by atoms with van der Waals surface area (Å²) in [5.74, 6) is 0. The molecule has 1 saturated heterocycles. The van der Waals surface area contributed by atoms with Crippen LogP contribution >= 0.6 is 34.8 Å². The molecule has 1 aliphatic rings. The Morgan fingerprint density at radius 2 is 1.59 bits per heavy atom. The second-order valence-electron chi connectivity index (χ2n) is 9.15. The van der Waals surface area contributed by atoms with Crippen LogP contribution in [0.3, 0.4) is 0 Å². The Morgan fingerprint density at radius 3 is 2.26 bits per heavy atom. The maximum absolute atomic E-state index is 9.19. The van der Waals surface area contributed by atoms with Gasteiger partial charge in [-0.25, -0.2) is 4.98 Å². The fraction of sp³-hybridized carbons (Fsp3) is 0.296. The molecule has 0 bridgehead atoms. The summed E-state index contributed by atoms with van der Waals surface area (Å²) in [6, 6.07) is 19.7. The van der Waals surface area contributed by atoms with Crippen LogP contribution in [0, 0.1) is 0 Å². The van der Waals surface area contributed by atoms with Crippen LogP contribution in [0.25, 0.3) is 5.65 Å². The summed E-state index contributed by atoms with van der Waals surface area (Å²) in [7, 11) is -3.67. The number of halogens is 3. The van der Waals surface area contributed by atoms with Crippen molar-refractivity contribution < 1.29 is 17.7 Å². The maximum atomic E-state index is 9.19. The van der Waals surface area contributed by atoms with Gasteiger partial charge in [-0.05, 0) is 35.9 Å².